The van der Waals surface area contributed by atoms with E-state index >= 15 is 0 Å². The van der Waals surface area contributed by atoms with Crippen molar-refractivity contribution in [2.75, 3.05) is 6.61 Å². The molecular formula is C16H12BrNO3. The summed E-state index contributed by atoms with van der Waals surface area (Å²) in [5.41, 5.74) is 0.409. The van der Waals surface area contributed by atoms with E-state index < -0.39 is 5.97 Å². The van der Waals surface area contributed by atoms with E-state index in [1.165, 1.54) is 6.20 Å². The molecule has 1 heterocycles. The van der Waals surface area contributed by atoms with Gasteiger partial charge < -0.3 is 9.72 Å². The average Bonchev–Trinajstić information content (AvgIpc) is 2.49. The van der Waals surface area contributed by atoms with Crippen molar-refractivity contribution in [1.29, 1.82) is 0 Å². The summed E-state index contributed by atoms with van der Waals surface area (Å²) in [6.07, 6.45) is 1.42. The van der Waals surface area contributed by atoms with Crippen LogP contribution in [0.15, 0.2) is 45.8 Å². The fourth-order valence-corrected chi connectivity index (χ4v) is 2.96. The third kappa shape index (κ3) is 2.23. The molecule has 0 bridgehead atoms. The predicted octanol–water partition coefficient (Wildman–Crippen LogP) is 3.62. The van der Waals surface area contributed by atoms with Gasteiger partial charge in [-0.25, -0.2) is 4.79 Å². The molecule has 0 fully saturated rings. The lowest BCUT2D eigenvalue weighted by Gasteiger charge is -2.07. The molecule has 106 valence electrons. The molecule has 0 spiro atoms. The molecular weight excluding hydrogens is 334 g/mol. The van der Waals surface area contributed by atoms with Gasteiger partial charge >= 0.3 is 5.97 Å². The number of hydrogen-bond donors (Lipinski definition) is 1. The molecule has 0 aliphatic carbocycles. The highest BCUT2D eigenvalue weighted by molar-refractivity contribution is 9.10. The van der Waals surface area contributed by atoms with Gasteiger partial charge in [0.25, 0.3) is 0 Å². The lowest BCUT2D eigenvalue weighted by Crippen LogP contribution is -2.18. The lowest BCUT2D eigenvalue weighted by atomic mass is 10.0. The Bertz CT molecular complexity index is 914. The van der Waals surface area contributed by atoms with E-state index in [2.05, 4.69) is 20.9 Å². The number of benzene rings is 2. The molecule has 21 heavy (non-hydrogen) atoms. The Morgan fingerprint density at radius 2 is 1.95 bits per heavy atom. The number of aromatic nitrogens is 1. The molecule has 1 N–H and O–H groups in total. The van der Waals surface area contributed by atoms with E-state index in [0.717, 1.165) is 15.2 Å². The molecule has 2 aromatic carbocycles. The first-order chi connectivity index (χ1) is 10.1. The third-order valence-electron chi connectivity index (χ3n) is 3.34. The van der Waals surface area contributed by atoms with Crippen molar-refractivity contribution in [2.45, 2.75) is 6.92 Å². The van der Waals surface area contributed by atoms with Gasteiger partial charge in [0, 0.05) is 21.4 Å². The molecule has 0 aliphatic heterocycles. The number of nitrogens with one attached hydrogen (secondary N) is 1. The third-order valence-corrected chi connectivity index (χ3v) is 4.00. The van der Waals surface area contributed by atoms with Crippen LogP contribution in [0.1, 0.15) is 17.3 Å². The maximum Gasteiger partial charge on any atom is 0.343 e. The second-order valence-corrected chi connectivity index (χ2v) is 5.43. The summed E-state index contributed by atoms with van der Waals surface area (Å²) >= 11 is 3.48. The normalized spacial score (nSPS) is 11.0. The monoisotopic (exact) mass is 345 g/mol. The van der Waals surface area contributed by atoms with Crippen LogP contribution in [0.25, 0.3) is 21.7 Å². The van der Waals surface area contributed by atoms with Crippen molar-refractivity contribution in [2.24, 2.45) is 0 Å². The van der Waals surface area contributed by atoms with Crippen LogP contribution in [0, 0.1) is 0 Å². The average molecular weight is 346 g/mol. The van der Waals surface area contributed by atoms with Gasteiger partial charge in [0.2, 0.25) is 5.43 Å². The number of carbonyl (C=O) groups is 1. The minimum atomic E-state index is -0.607. The molecule has 0 saturated heterocycles. The van der Waals surface area contributed by atoms with Crippen molar-refractivity contribution in [3.8, 4) is 0 Å². The number of carbonyl (C=O) groups excluding carboxylic acids is 1. The SMILES string of the molecule is CCOC(=O)c1c[nH]c2c(cc(Br)c3ccccc32)c1=O. The summed E-state index contributed by atoms with van der Waals surface area (Å²) in [7, 11) is 0. The molecule has 3 rings (SSSR count). The van der Waals surface area contributed by atoms with Crippen LogP contribution < -0.4 is 5.43 Å². The van der Waals surface area contributed by atoms with E-state index in [4.69, 9.17) is 4.74 Å². The number of rotatable bonds is 2. The number of hydrogen-bond acceptors (Lipinski definition) is 3. The van der Waals surface area contributed by atoms with E-state index in [9.17, 15) is 9.59 Å². The zero-order valence-electron chi connectivity index (χ0n) is 11.3. The predicted molar refractivity (Wildman–Crippen MR) is 85.7 cm³/mol. The van der Waals surface area contributed by atoms with E-state index in [0.29, 0.717) is 10.9 Å². The minimum Gasteiger partial charge on any atom is -0.462 e. The number of pyridine rings is 1. The topological polar surface area (TPSA) is 59.2 Å². The van der Waals surface area contributed by atoms with Crippen LogP contribution in [0.2, 0.25) is 0 Å². The molecule has 1 aromatic heterocycles. The molecule has 4 nitrogen and oxygen atoms in total. The number of ether oxygens (including phenoxy) is 1. The Kier molecular flexibility index (Phi) is 3.51. The van der Waals surface area contributed by atoms with Crippen molar-refractivity contribution in [3.63, 3.8) is 0 Å². The first kappa shape index (κ1) is 13.8. The number of fused-ring (bicyclic) bond motifs is 3. The van der Waals surface area contributed by atoms with Gasteiger partial charge in [-0.2, -0.15) is 0 Å². The fraction of sp³-hybridized carbons (Fsp3) is 0.125. The Morgan fingerprint density at radius 1 is 1.24 bits per heavy atom. The maximum atomic E-state index is 12.5. The van der Waals surface area contributed by atoms with Gasteiger partial charge in [-0.05, 0) is 18.4 Å². The Labute approximate surface area is 128 Å². The number of esters is 1. The quantitative estimate of drug-likeness (QED) is 0.570. The van der Waals surface area contributed by atoms with Crippen molar-refractivity contribution in [3.05, 3.63) is 56.8 Å². The van der Waals surface area contributed by atoms with Crippen molar-refractivity contribution >= 4 is 43.6 Å². The summed E-state index contributed by atoms with van der Waals surface area (Å²) in [6.45, 7) is 1.94. The molecule has 5 heteroatoms. The Hall–Kier alpha value is -2.14. The highest BCUT2D eigenvalue weighted by Gasteiger charge is 2.15. The summed E-state index contributed by atoms with van der Waals surface area (Å²) < 4.78 is 5.72. The van der Waals surface area contributed by atoms with Crippen molar-refractivity contribution < 1.29 is 9.53 Å². The first-order valence-corrected chi connectivity index (χ1v) is 7.32. The van der Waals surface area contributed by atoms with Crippen LogP contribution in [0.3, 0.4) is 0 Å². The number of aromatic amines is 1. The summed E-state index contributed by atoms with van der Waals surface area (Å²) in [4.78, 5) is 27.4. The lowest BCUT2D eigenvalue weighted by molar-refractivity contribution is 0.0524. The zero-order chi connectivity index (χ0) is 15.0. The van der Waals surface area contributed by atoms with Gasteiger partial charge in [0.15, 0.2) is 0 Å². The summed E-state index contributed by atoms with van der Waals surface area (Å²) in [5, 5.41) is 2.39. The van der Waals surface area contributed by atoms with Crippen LogP contribution in [0.5, 0.6) is 0 Å². The standard InChI is InChI=1S/C16H12BrNO3/c1-2-21-16(20)12-8-18-14-10-6-4-3-5-9(10)13(17)7-11(14)15(12)19/h3-8H,2H2,1H3,(H,18,19). The van der Waals surface area contributed by atoms with Gasteiger partial charge in [-0.1, -0.05) is 40.2 Å². The fourth-order valence-electron chi connectivity index (χ4n) is 2.38. The second kappa shape index (κ2) is 5.33. The van der Waals surface area contributed by atoms with Crippen molar-refractivity contribution in [1.82, 2.24) is 4.98 Å². The second-order valence-electron chi connectivity index (χ2n) is 4.58. The van der Waals surface area contributed by atoms with E-state index in [-0.39, 0.29) is 17.6 Å². The Balaban J connectivity index is 2.38. The molecule has 0 radical (unpaired) electrons. The first-order valence-electron chi connectivity index (χ1n) is 6.53. The maximum absolute atomic E-state index is 12.5. The number of H-pyrrole nitrogens is 1. The van der Waals surface area contributed by atoms with Crippen LogP contribution in [-0.4, -0.2) is 17.6 Å². The Morgan fingerprint density at radius 3 is 2.67 bits per heavy atom. The smallest absolute Gasteiger partial charge is 0.343 e. The highest BCUT2D eigenvalue weighted by atomic mass is 79.9. The van der Waals surface area contributed by atoms with E-state index in [1.54, 1.807) is 13.0 Å². The van der Waals surface area contributed by atoms with Gasteiger partial charge in [-0.15, -0.1) is 0 Å². The van der Waals surface area contributed by atoms with Crippen LogP contribution >= 0.6 is 15.9 Å². The molecule has 3 aromatic rings. The van der Waals surface area contributed by atoms with Gasteiger partial charge in [-0.3, -0.25) is 4.79 Å². The molecule has 0 saturated carbocycles. The van der Waals surface area contributed by atoms with Gasteiger partial charge in [0.05, 0.1) is 12.1 Å². The summed E-state index contributed by atoms with van der Waals surface area (Å²) in [6, 6.07) is 9.48. The van der Waals surface area contributed by atoms with Crippen LogP contribution in [-0.2, 0) is 4.74 Å². The zero-order valence-corrected chi connectivity index (χ0v) is 12.9. The molecule has 0 amide bonds. The number of halogens is 1. The molecule has 0 aliphatic rings. The summed E-state index contributed by atoms with van der Waals surface area (Å²) in [5.74, 6) is -0.607. The minimum absolute atomic E-state index is 0.0199. The van der Waals surface area contributed by atoms with Crippen LogP contribution in [0.4, 0.5) is 0 Å². The molecule has 0 atom stereocenters. The van der Waals surface area contributed by atoms with E-state index in [1.807, 2.05) is 24.3 Å². The van der Waals surface area contributed by atoms with Gasteiger partial charge in [0.1, 0.15) is 5.56 Å². The largest absolute Gasteiger partial charge is 0.462 e. The highest BCUT2D eigenvalue weighted by Crippen LogP contribution is 2.29. The molecule has 0 unspecified atom stereocenters.